The van der Waals surface area contributed by atoms with Gasteiger partial charge in [-0.25, -0.2) is 9.78 Å². The zero-order valence-electron chi connectivity index (χ0n) is 24.2. The number of ether oxygens (including phenoxy) is 1. The van der Waals surface area contributed by atoms with Crippen LogP contribution in [0, 0.1) is 0 Å². The van der Waals surface area contributed by atoms with Gasteiger partial charge in [0.25, 0.3) is 0 Å². The number of rotatable bonds is 9. The second-order valence-electron chi connectivity index (χ2n) is 12.1. The number of aromatic nitrogens is 2. The lowest BCUT2D eigenvalue weighted by atomic mass is 9.84. The lowest BCUT2D eigenvalue weighted by Crippen LogP contribution is -2.50. The lowest BCUT2D eigenvalue weighted by Gasteiger charge is -2.43. The molecule has 12 heteroatoms. The van der Waals surface area contributed by atoms with Crippen molar-refractivity contribution in [1.29, 1.82) is 0 Å². The molecule has 2 atom stereocenters. The first kappa shape index (κ1) is 32.0. The van der Waals surface area contributed by atoms with E-state index in [1.54, 1.807) is 13.3 Å². The van der Waals surface area contributed by atoms with Crippen LogP contribution >= 0.6 is 0 Å². The molecule has 226 valence electrons. The van der Waals surface area contributed by atoms with Gasteiger partial charge in [0, 0.05) is 43.6 Å². The number of carboxylic acid groups (broad SMARTS) is 3. The third-order valence-electron chi connectivity index (χ3n) is 7.94. The standard InChI is InChI=1S/C23H33N3O2.C6H8O7/c1-22(2,3)17-6-9-20(28-5)16(12-17)15-26-18-7-8-19(26)14-23(27,13-18)21-24-10-11-25(21)4;7-3(8)1-6(13,5(11)12)2-4(9)10/h6,9-12,18-19,27H,7-8,13-15H2,1-5H3;13H,1-2H2,(H,7,8)(H,9,10)(H,11,12). The number of carboxylic acids is 3. The second-order valence-corrected chi connectivity index (χ2v) is 12.1. The Kier molecular flexibility index (Phi) is 9.51. The molecule has 2 bridgehead atoms. The van der Waals surface area contributed by atoms with E-state index in [-0.39, 0.29) is 5.41 Å². The van der Waals surface area contributed by atoms with Crippen LogP contribution in [0.3, 0.4) is 0 Å². The zero-order chi connectivity index (χ0) is 30.8. The molecule has 2 aliphatic heterocycles. The van der Waals surface area contributed by atoms with Crippen LogP contribution in [0.2, 0.25) is 0 Å². The number of piperidine rings is 1. The van der Waals surface area contributed by atoms with Crippen LogP contribution in [0.5, 0.6) is 5.75 Å². The molecule has 5 N–H and O–H groups in total. The molecule has 2 unspecified atom stereocenters. The van der Waals surface area contributed by atoms with E-state index in [1.807, 2.05) is 17.8 Å². The number of benzene rings is 1. The van der Waals surface area contributed by atoms with Gasteiger partial charge in [-0.05, 0) is 42.7 Å². The lowest BCUT2D eigenvalue weighted by molar-refractivity contribution is -0.170. The molecule has 0 spiro atoms. The van der Waals surface area contributed by atoms with E-state index < -0.39 is 42.0 Å². The smallest absolute Gasteiger partial charge is 0.336 e. The Balaban J connectivity index is 0.000000302. The predicted molar refractivity (Wildman–Crippen MR) is 147 cm³/mol. The highest BCUT2D eigenvalue weighted by atomic mass is 16.5. The van der Waals surface area contributed by atoms with Crippen molar-refractivity contribution < 1.29 is 44.7 Å². The Bertz CT molecular complexity index is 1240. The van der Waals surface area contributed by atoms with Crippen molar-refractivity contribution >= 4 is 17.9 Å². The SMILES string of the molecule is COc1ccc(C(C)(C)C)cc1CN1C2CCC1CC(O)(c1nccn1C)C2.O=C(O)CC(O)(CC(=O)O)C(=O)O. The fraction of sp³-hybridized carbons (Fsp3) is 0.586. The average Bonchev–Trinajstić information content (AvgIpc) is 3.39. The summed E-state index contributed by atoms with van der Waals surface area (Å²) in [5.74, 6) is -3.26. The fourth-order valence-corrected chi connectivity index (χ4v) is 5.85. The van der Waals surface area contributed by atoms with Gasteiger partial charge >= 0.3 is 17.9 Å². The Morgan fingerprint density at radius 2 is 1.61 bits per heavy atom. The molecule has 0 saturated carbocycles. The van der Waals surface area contributed by atoms with Crippen LogP contribution < -0.4 is 4.74 Å². The molecule has 41 heavy (non-hydrogen) atoms. The topological polar surface area (TPSA) is 183 Å². The third kappa shape index (κ3) is 7.43. The van der Waals surface area contributed by atoms with Crippen LogP contribution in [0.15, 0.2) is 30.6 Å². The number of aryl methyl sites for hydroxylation is 1. The van der Waals surface area contributed by atoms with E-state index in [0.29, 0.717) is 12.1 Å². The van der Waals surface area contributed by atoms with Crippen molar-refractivity contribution in [3.05, 3.63) is 47.5 Å². The molecule has 0 amide bonds. The van der Waals surface area contributed by atoms with Crippen LogP contribution in [-0.2, 0) is 39.0 Å². The Morgan fingerprint density at radius 1 is 1.05 bits per heavy atom. The molecule has 2 aliphatic rings. The highest BCUT2D eigenvalue weighted by Crippen LogP contribution is 2.46. The zero-order valence-corrected chi connectivity index (χ0v) is 24.2. The summed E-state index contributed by atoms with van der Waals surface area (Å²) in [4.78, 5) is 37.5. The largest absolute Gasteiger partial charge is 0.496 e. The van der Waals surface area contributed by atoms with Gasteiger partial charge in [0.15, 0.2) is 5.60 Å². The van der Waals surface area contributed by atoms with Crippen molar-refractivity contribution in [2.75, 3.05) is 7.11 Å². The number of imidazole rings is 1. The van der Waals surface area contributed by atoms with E-state index in [4.69, 9.17) is 25.2 Å². The first-order valence-corrected chi connectivity index (χ1v) is 13.5. The first-order valence-electron chi connectivity index (χ1n) is 13.5. The summed E-state index contributed by atoms with van der Waals surface area (Å²) in [6.45, 7) is 7.61. The van der Waals surface area contributed by atoms with Gasteiger partial charge in [0.05, 0.1) is 20.0 Å². The van der Waals surface area contributed by atoms with Gasteiger partial charge < -0.3 is 34.8 Å². The number of carbonyl (C=O) groups is 3. The van der Waals surface area contributed by atoms with Crippen LogP contribution in [-0.4, -0.2) is 82.7 Å². The Labute approximate surface area is 239 Å². The van der Waals surface area contributed by atoms with Gasteiger partial charge in [-0.2, -0.15) is 0 Å². The molecular weight excluding hydrogens is 534 g/mol. The number of aliphatic hydroxyl groups is 2. The maximum Gasteiger partial charge on any atom is 0.336 e. The number of fused-ring (bicyclic) bond motifs is 2. The minimum Gasteiger partial charge on any atom is -0.496 e. The van der Waals surface area contributed by atoms with E-state index in [2.05, 4.69) is 48.9 Å². The molecule has 0 radical (unpaired) electrons. The molecule has 12 nitrogen and oxygen atoms in total. The summed E-state index contributed by atoms with van der Waals surface area (Å²) in [6.07, 6.45) is 5.18. The van der Waals surface area contributed by atoms with Crippen LogP contribution in [0.4, 0.5) is 0 Å². The van der Waals surface area contributed by atoms with E-state index >= 15 is 0 Å². The minimum atomic E-state index is -2.74. The van der Waals surface area contributed by atoms with Crippen LogP contribution in [0.25, 0.3) is 0 Å². The molecule has 2 saturated heterocycles. The van der Waals surface area contributed by atoms with Crippen molar-refractivity contribution in [3.8, 4) is 5.75 Å². The number of nitrogens with zero attached hydrogens (tertiary/aromatic N) is 3. The van der Waals surface area contributed by atoms with E-state index in [0.717, 1.165) is 43.8 Å². The van der Waals surface area contributed by atoms with Crippen molar-refractivity contribution in [2.45, 2.75) is 94.5 Å². The normalized spacial score (nSPS) is 22.5. The highest BCUT2D eigenvalue weighted by Gasteiger charge is 2.50. The number of hydrogen-bond donors (Lipinski definition) is 5. The summed E-state index contributed by atoms with van der Waals surface area (Å²) in [5, 5.41) is 45.2. The Hall–Kier alpha value is -3.48. The van der Waals surface area contributed by atoms with Gasteiger partial charge in [0.2, 0.25) is 0 Å². The summed E-state index contributed by atoms with van der Waals surface area (Å²) in [7, 11) is 3.72. The molecular formula is C29H41N3O9. The summed E-state index contributed by atoms with van der Waals surface area (Å²) >= 11 is 0. The first-order chi connectivity index (χ1) is 19.0. The van der Waals surface area contributed by atoms with Gasteiger partial charge in [-0.3, -0.25) is 14.5 Å². The van der Waals surface area contributed by atoms with Crippen molar-refractivity contribution in [3.63, 3.8) is 0 Å². The quantitative estimate of drug-likeness (QED) is 0.296. The molecule has 1 aromatic carbocycles. The van der Waals surface area contributed by atoms with Gasteiger partial charge in [-0.1, -0.05) is 32.9 Å². The summed E-state index contributed by atoms with van der Waals surface area (Å²) < 4.78 is 7.63. The van der Waals surface area contributed by atoms with Gasteiger partial charge in [-0.15, -0.1) is 0 Å². The highest BCUT2D eigenvalue weighted by molar-refractivity contribution is 5.88. The third-order valence-corrected chi connectivity index (χ3v) is 7.94. The molecule has 3 heterocycles. The number of hydrogen-bond acceptors (Lipinski definition) is 8. The minimum absolute atomic E-state index is 0.111. The average molecular weight is 576 g/mol. The van der Waals surface area contributed by atoms with Crippen molar-refractivity contribution in [2.24, 2.45) is 7.05 Å². The Morgan fingerprint density at radius 3 is 2.02 bits per heavy atom. The molecule has 0 aliphatic carbocycles. The number of aliphatic carboxylic acids is 3. The summed E-state index contributed by atoms with van der Waals surface area (Å²) in [5.41, 5.74) is -0.873. The van der Waals surface area contributed by atoms with Crippen molar-refractivity contribution in [1.82, 2.24) is 14.5 Å². The second kappa shape index (κ2) is 12.2. The molecule has 2 aromatic rings. The predicted octanol–water partition coefficient (Wildman–Crippen LogP) is 2.49. The van der Waals surface area contributed by atoms with Gasteiger partial charge in [0.1, 0.15) is 17.2 Å². The molecule has 4 rings (SSSR count). The maximum absolute atomic E-state index is 11.4. The maximum atomic E-state index is 11.4. The molecule has 1 aromatic heterocycles. The van der Waals surface area contributed by atoms with Crippen LogP contribution in [0.1, 0.15) is 76.2 Å². The molecule has 2 fully saturated rings. The summed E-state index contributed by atoms with van der Waals surface area (Å²) in [6, 6.07) is 7.34. The fourth-order valence-electron chi connectivity index (χ4n) is 5.85. The van der Waals surface area contributed by atoms with E-state index in [1.165, 1.54) is 11.1 Å². The van der Waals surface area contributed by atoms with E-state index in [9.17, 15) is 19.5 Å². The monoisotopic (exact) mass is 575 g/mol. The number of methoxy groups -OCH3 is 1.